The number of aromatic nitrogens is 2. The van der Waals surface area contributed by atoms with Crippen LogP contribution in [0.15, 0.2) is 48.5 Å². The molecule has 3 heterocycles. The first kappa shape index (κ1) is 18.7. The van der Waals surface area contributed by atoms with Gasteiger partial charge >= 0.3 is 6.09 Å². The van der Waals surface area contributed by atoms with Gasteiger partial charge in [0.05, 0.1) is 0 Å². The maximum atomic E-state index is 12.6. The van der Waals surface area contributed by atoms with Crippen LogP contribution in [0.5, 0.6) is 5.75 Å². The minimum absolute atomic E-state index is 0.273. The van der Waals surface area contributed by atoms with Gasteiger partial charge < -0.3 is 14.4 Å². The smallest absolute Gasteiger partial charge is 0.410 e. The van der Waals surface area contributed by atoms with Crippen molar-refractivity contribution in [1.29, 1.82) is 0 Å². The number of H-pyrrole nitrogens is 1. The highest BCUT2D eigenvalue weighted by molar-refractivity contribution is 5.75. The van der Waals surface area contributed by atoms with Crippen LogP contribution >= 0.6 is 0 Å². The van der Waals surface area contributed by atoms with Gasteiger partial charge in [-0.05, 0) is 37.1 Å². The quantitative estimate of drug-likeness (QED) is 0.673. The van der Waals surface area contributed by atoms with Gasteiger partial charge in [-0.25, -0.2) is 4.79 Å². The molecule has 0 bridgehead atoms. The molecule has 6 nitrogen and oxygen atoms in total. The second-order valence-corrected chi connectivity index (χ2v) is 8.20. The molecule has 2 aliphatic rings. The highest BCUT2D eigenvalue weighted by Gasteiger charge is 2.46. The fraction of sp³-hybridized carbons (Fsp3) is 0.333. The molecule has 0 radical (unpaired) electrons. The van der Waals surface area contributed by atoms with Crippen LogP contribution in [-0.2, 0) is 16.9 Å². The van der Waals surface area contributed by atoms with E-state index in [1.54, 1.807) is 4.90 Å². The summed E-state index contributed by atoms with van der Waals surface area (Å²) in [6, 6.07) is 16.0. The van der Waals surface area contributed by atoms with Crippen molar-refractivity contribution in [2.24, 2.45) is 0 Å². The molecule has 2 aliphatic heterocycles. The van der Waals surface area contributed by atoms with Gasteiger partial charge in [-0.2, -0.15) is 5.10 Å². The molecule has 0 aliphatic carbocycles. The molecule has 30 heavy (non-hydrogen) atoms. The van der Waals surface area contributed by atoms with Crippen molar-refractivity contribution in [3.05, 3.63) is 70.9 Å². The summed E-state index contributed by atoms with van der Waals surface area (Å²) in [5, 5.41) is 7.73. The number of likely N-dealkylation sites (tertiary alicyclic amines) is 1. The summed E-state index contributed by atoms with van der Waals surface area (Å²) in [7, 11) is 0. The molecular formula is C24H25N3O3. The number of hydrogen-bond acceptors (Lipinski definition) is 4. The van der Waals surface area contributed by atoms with Crippen LogP contribution < -0.4 is 4.74 Å². The van der Waals surface area contributed by atoms with Crippen molar-refractivity contribution in [2.45, 2.75) is 38.9 Å². The topological polar surface area (TPSA) is 67.4 Å². The number of benzene rings is 2. The van der Waals surface area contributed by atoms with Gasteiger partial charge in [0.1, 0.15) is 23.7 Å². The Kier molecular flexibility index (Phi) is 4.50. The highest BCUT2D eigenvalue weighted by atomic mass is 16.6. The van der Waals surface area contributed by atoms with Gasteiger partial charge in [0.25, 0.3) is 0 Å². The normalized spacial score (nSPS) is 16.5. The fourth-order valence-electron chi connectivity index (χ4n) is 4.57. The van der Waals surface area contributed by atoms with Gasteiger partial charge in [0.2, 0.25) is 0 Å². The maximum Gasteiger partial charge on any atom is 0.410 e. The third-order valence-corrected chi connectivity index (χ3v) is 6.13. The number of rotatable bonds is 2. The molecule has 154 valence electrons. The van der Waals surface area contributed by atoms with Crippen LogP contribution in [0.3, 0.4) is 0 Å². The predicted octanol–water partition coefficient (Wildman–Crippen LogP) is 4.71. The number of nitrogens with zero attached hydrogens (tertiary/aromatic N) is 2. The first-order valence-corrected chi connectivity index (χ1v) is 10.4. The van der Waals surface area contributed by atoms with E-state index in [1.807, 2.05) is 37.3 Å². The van der Waals surface area contributed by atoms with Gasteiger partial charge in [0, 0.05) is 42.8 Å². The van der Waals surface area contributed by atoms with Crippen molar-refractivity contribution in [3.63, 3.8) is 0 Å². The molecule has 1 amide bonds. The van der Waals surface area contributed by atoms with Crippen molar-refractivity contribution < 1.29 is 14.3 Å². The molecule has 2 aromatic carbocycles. The van der Waals surface area contributed by atoms with Crippen LogP contribution in [0.2, 0.25) is 0 Å². The van der Waals surface area contributed by atoms with E-state index in [4.69, 9.17) is 9.47 Å². The summed E-state index contributed by atoms with van der Waals surface area (Å²) < 4.78 is 12.1. The van der Waals surface area contributed by atoms with Crippen molar-refractivity contribution in [1.82, 2.24) is 15.1 Å². The zero-order valence-electron chi connectivity index (χ0n) is 17.3. The Balaban J connectivity index is 1.34. The minimum atomic E-state index is -0.469. The highest BCUT2D eigenvalue weighted by Crippen LogP contribution is 2.50. The lowest BCUT2D eigenvalue weighted by Crippen LogP contribution is -2.49. The molecule has 6 heteroatoms. The Labute approximate surface area is 175 Å². The van der Waals surface area contributed by atoms with E-state index < -0.39 is 5.60 Å². The third-order valence-electron chi connectivity index (χ3n) is 6.13. The Morgan fingerprint density at radius 3 is 2.70 bits per heavy atom. The van der Waals surface area contributed by atoms with E-state index in [2.05, 4.69) is 35.3 Å². The average molecular weight is 403 g/mol. The molecule has 1 fully saturated rings. The minimum Gasteiger partial charge on any atom is -0.482 e. The zero-order valence-corrected chi connectivity index (χ0v) is 17.3. The third kappa shape index (κ3) is 3.12. The number of fused-ring (bicyclic) bond motifs is 4. The lowest BCUT2D eigenvalue weighted by atomic mass is 9.79. The Morgan fingerprint density at radius 1 is 1.17 bits per heavy atom. The summed E-state index contributed by atoms with van der Waals surface area (Å²) in [6.07, 6.45) is 1.13. The molecule has 1 aromatic heterocycles. The maximum absolute atomic E-state index is 12.6. The lowest BCUT2D eigenvalue weighted by molar-refractivity contribution is -0.00689. The van der Waals surface area contributed by atoms with Crippen molar-refractivity contribution in [2.75, 3.05) is 13.1 Å². The van der Waals surface area contributed by atoms with E-state index in [1.165, 1.54) is 0 Å². The number of carbonyl (C=O) groups is 1. The van der Waals surface area contributed by atoms with Crippen molar-refractivity contribution >= 4 is 6.09 Å². The molecule has 5 rings (SSSR count). The Morgan fingerprint density at radius 2 is 1.93 bits per heavy atom. The number of hydrogen-bond donors (Lipinski definition) is 1. The molecule has 0 atom stereocenters. The number of piperidine rings is 1. The fourth-order valence-corrected chi connectivity index (χ4v) is 4.57. The monoisotopic (exact) mass is 403 g/mol. The second kappa shape index (κ2) is 7.20. The molecule has 3 aromatic rings. The van der Waals surface area contributed by atoms with Crippen LogP contribution in [0, 0.1) is 13.8 Å². The molecule has 0 unspecified atom stereocenters. The summed E-state index contributed by atoms with van der Waals surface area (Å²) in [5.74, 6) is 0.870. The average Bonchev–Trinajstić information content (AvgIpc) is 3.16. The molecular weight excluding hydrogens is 378 g/mol. The summed E-state index contributed by atoms with van der Waals surface area (Å²) in [4.78, 5) is 14.4. The zero-order chi connectivity index (χ0) is 20.7. The summed E-state index contributed by atoms with van der Waals surface area (Å²) in [6.45, 7) is 5.55. The first-order chi connectivity index (χ1) is 14.6. The second-order valence-electron chi connectivity index (χ2n) is 8.20. The molecule has 0 saturated carbocycles. The SMILES string of the molecule is Cc1ccc2c(c1)OC1(CCN(C(=O)OCc3ccccc3)CC1)c1c-2n[nH]c1C. The van der Waals surface area contributed by atoms with E-state index in [0.29, 0.717) is 25.9 Å². The van der Waals surface area contributed by atoms with E-state index in [0.717, 1.165) is 39.4 Å². The summed E-state index contributed by atoms with van der Waals surface area (Å²) >= 11 is 0. The van der Waals surface area contributed by atoms with Gasteiger partial charge in [-0.15, -0.1) is 0 Å². The largest absolute Gasteiger partial charge is 0.482 e. The standard InChI is InChI=1S/C24H25N3O3/c1-16-8-9-19-20(14-16)30-24(21-17(2)25-26-22(19)21)10-12-27(13-11-24)23(28)29-15-18-6-4-3-5-7-18/h3-9,14H,10-13,15H2,1-2H3,(H,25,26). The van der Waals surface area contributed by atoms with Crippen LogP contribution in [0.1, 0.15) is 35.2 Å². The number of carbonyl (C=O) groups excluding carboxylic acids is 1. The lowest BCUT2D eigenvalue weighted by Gasteiger charge is -2.44. The van der Waals surface area contributed by atoms with Gasteiger partial charge in [-0.3, -0.25) is 5.10 Å². The van der Waals surface area contributed by atoms with E-state index >= 15 is 0 Å². The molecule has 1 N–H and O–H groups in total. The van der Waals surface area contributed by atoms with E-state index in [-0.39, 0.29) is 12.7 Å². The molecule has 1 spiro atoms. The number of ether oxygens (including phenoxy) is 2. The molecule has 1 saturated heterocycles. The van der Waals surface area contributed by atoms with Gasteiger partial charge in [-0.1, -0.05) is 36.4 Å². The summed E-state index contributed by atoms with van der Waals surface area (Å²) in [5.41, 5.74) is 5.81. The number of aryl methyl sites for hydroxylation is 2. The Hall–Kier alpha value is -3.28. The number of amides is 1. The number of nitrogens with one attached hydrogen (secondary N) is 1. The van der Waals surface area contributed by atoms with Gasteiger partial charge in [0.15, 0.2) is 0 Å². The van der Waals surface area contributed by atoms with Crippen LogP contribution in [-0.4, -0.2) is 34.3 Å². The predicted molar refractivity (Wildman–Crippen MR) is 113 cm³/mol. The number of aromatic amines is 1. The van der Waals surface area contributed by atoms with Crippen molar-refractivity contribution in [3.8, 4) is 17.0 Å². The van der Waals surface area contributed by atoms with E-state index in [9.17, 15) is 4.79 Å². The van der Waals surface area contributed by atoms with Crippen LogP contribution in [0.25, 0.3) is 11.3 Å². The van der Waals surface area contributed by atoms with Crippen LogP contribution in [0.4, 0.5) is 4.79 Å². The first-order valence-electron chi connectivity index (χ1n) is 10.4. The Bertz CT molecular complexity index is 1080.